The third-order valence-corrected chi connectivity index (χ3v) is 3.71. The minimum Gasteiger partial charge on any atom is -0.487 e. The molecule has 1 unspecified atom stereocenters. The Hall–Kier alpha value is -1.83. The van der Waals surface area contributed by atoms with Crippen molar-refractivity contribution in [1.82, 2.24) is 19.5 Å². The number of halogens is 1. The van der Waals surface area contributed by atoms with Crippen LogP contribution in [0.5, 0.6) is 5.75 Å². The van der Waals surface area contributed by atoms with E-state index in [0.717, 1.165) is 12.1 Å². The smallest absolute Gasteiger partial charge is 0.410 e. The number of hydrogen-bond donors (Lipinski definition) is 0. The number of aromatic nitrogens is 3. The van der Waals surface area contributed by atoms with Crippen molar-refractivity contribution >= 4 is 27.7 Å². The number of ether oxygens (including phenoxy) is 2. The van der Waals surface area contributed by atoms with Crippen LogP contribution in [0, 0.1) is 0 Å². The summed E-state index contributed by atoms with van der Waals surface area (Å²) in [5.74, 6) is 0.700. The summed E-state index contributed by atoms with van der Waals surface area (Å²) in [7, 11) is 0. The van der Waals surface area contributed by atoms with Crippen LogP contribution in [0.25, 0.3) is 5.65 Å². The van der Waals surface area contributed by atoms with Gasteiger partial charge in [0.1, 0.15) is 17.5 Å². The Balaban J connectivity index is 1.61. The van der Waals surface area contributed by atoms with Gasteiger partial charge in [0.05, 0.1) is 12.7 Å². The molecule has 1 aliphatic rings. The van der Waals surface area contributed by atoms with Crippen molar-refractivity contribution in [3.63, 3.8) is 0 Å². The van der Waals surface area contributed by atoms with Gasteiger partial charge < -0.3 is 14.4 Å². The summed E-state index contributed by atoms with van der Waals surface area (Å²) in [6, 6.07) is 3.69. The largest absolute Gasteiger partial charge is 0.487 e. The number of hydrogen-bond acceptors (Lipinski definition) is 5. The lowest BCUT2D eigenvalue weighted by Crippen LogP contribution is -2.36. The second-order valence-corrected chi connectivity index (χ2v) is 7.21. The Bertz CT molecular complexity index is 725. The lowest BCUT2D eigenvalue weighted by atomic mass is 10.2. The van der Waals surface area contributed by atoms with Gasteiger partial charge in [0.15, 0.2) is 5.65 Å². The molecule has 3 rings (SSSR count). The normalized spacial score (nSPS) is 18.4. The molecule has 0 aliphatic carbocycles. The van der Waals surface area contributed by atoms with Crippen molar-refractivity contribution in [3.05, 3.63) is 23.1 Å². The maximum Gasteiger partial charge on any atom is 0.410 e. The van der Waals surface area contributed by atoms with Gasteiger partial charge in [0.25, 0.3) is 0 Å². The van der Waals surface area contributed by atoms with Crippen LogP contribution in [0.2, 0.25) is 0 Å². The highest BCUT2D eigenvalue weighted by molar-refractivity contribution is 9.10. The van der Waals surface area contributed by atoms with E-state index >= 15 is 0 Å². The first-order chi connectivity index (χ1) is 10.8. The summed E-state index contributed by atoms with van der Waals surface area (Å²) in [6.45, 7) is 6.74. The van der Waals surface area contributed by atoms with E-state index in [2.05, 4.69) is 26.0 Å². The standard InChI is InChI=1S/C15H19BrN4O3/c1-15(2,3)23-14(21)19-7-6-11(8-19)22-10-4-5-12-17-13(16)18-20(12)9-10/h4-5,9,11H,6-8H2,1-3H3. The number of carbonyl (C=O) groups is 1. The molecule has 1 aliphatic heterocycles. The third kappa shape index (κ3) is 3.93. The molecule has 3 heterocycles. The molecule has 1 atom stereocenters. The van der Waals surface area contributed by atoms with E-state index in [-0.39, 0.29) is 12.2 Å². The highest BCUT2D eigenvalue weighted by atomic mass is 79.9. The van der Waals surface area contributed by atoms with Crippen LogP contribution >= 0.6 is 15.9 Å². The topological polar surface area (TPSA) is 69.0 Å². The summed E-state index contributed by atoms with van der Waals surface area (Å²) in [5, 5.41) is 4.19. The molecule has 1 saturated heterocycles. The first-order valence-electron chi connectivity index (χ1n) is 7.47. The zero-order chi connectivity index (χ0) is 16.6. The molecule has 2 aromatic rings. The fourth-order valence-corrected chi connectivity index (χ4v) is 2.77. The fraction of sp³-hybridized carbons (Fsp3) is 0.533. The monoisotopic (exact) mass is 382 g/mol. The van der Waals surface area contributed by atoms with Gasteiger partial charge in [-0.3, -0.25) is 0 Å². The average molecular weight is 383 g/mol. The molecule has 23 heavy (non-hydrogen) atoms. The van der Waals surface area contributed by atoms with Crippen LogP contribution < -0.4 is 4.74 Å². The van der Waals surface area contributed by atoms with Crippen molar-refractivity contribution in [2.75, 3.05) is 13.1 Å². The number of rotatable bonds is 2. The van der Waals surface area contributed by atoms with E-state index in [1.54, 1.807) is 15.6 Å². The van der Waals surface area contributed by atoms with Crippen LogP contribution in [0.1, 0.15) is 27.2 Å². The fourth-order valence-electron chi connectivity index (χ4n) is 2.42. The number of fused-ring (bicyclic) bond motifs is 1. The van der Waals surface area contributed by atoms with Crippen molar-refractivity contribution in [2.24, 2.45) is 0 Å². The minimum absolute atomic E-state index is 0.0491. The SMILES string of the molecule is CC(C)(C)OC(=O)N1CCC(Oc2ccc3nc(Br)nn3c2)C1. The van der Waals surface area contributed by atoms with E-state index in [4.69, 9.17) is 9.47 Å². The van der Waals surface area contributed by atoms with Gasteiger partial charge in [0, 0.05) is 13.0 Å². The second-order valence-electron chi connectivity index (χ2n) is 6.50. The van der Waals surface area contributed by atoms with Gasteiger partial charge in [-0.1, -0.05) is 0 Å². The van der Waals surface area contributed by atoms with Crippen LogP contribution in [0.15, 0.2) is 23.1 Å². The predicted molar refractivity (Wildman–Crippen MR) is 87.5 cm³/mol. The molecule has 2 aromatic heterocycles. The Labute approximate surface area is 142 Å². The van der Waals surface area contributed by atoms with Crippen LogP contribution in [0.3, 0.4) is 0 Å². The first kappa shape index (κ1) is 16.0. The molecule has 0 saturated carbocycles. The summed E-state index contributed by atoms with van der Waals surface area (Å²) in [5.41, 5.74) is 0.257. The lowest BCUT2D eigenvalue weighted by Gasteiger charge is -2.24. The molecule has 0 spiro atoms. The quantitative estimate of drug-likeness (QED) is 0.798. The number of nitrogens with zero attached hydrogens (tertiary/aromatic N) is 4. The minimum atomic E-state index is -0.485. The summed E-state index contributed by atoms with van der Waals surface area (Å²) < 4.78 is 13.5. The van der Waals surface area contributed by atoms with Crippen molar-refractivity contribution < 1.29 is 14.3 Å². The number of carbonyl (C=O) groups excluding carboxylic acids is 1. The van der Waals surface area contributed by atoms with Crippen LogP contribution in [0.4, 0.5) is 4.79 Å². The van der Waals surface area contributed by atoms with E-state index < -0.39 is 5.60 Å². The molecule has 1 fully saturated rings. The Morgan fingerprint density at radius 3 is 2.91 bits per heavy atom. The molecular weight excluding hydrogens is 364 g/mol. The summed E-state index contributed by atoms with van der Waals surface area (Å²) in [4.78, 5) is 17.9. The third-order valence-electron chi connectivity index (χ3n) is 3.38. The molecule has 0 bridgehead atoms. The van der Waals surface area contributed by atoms with Gasteiger partial charge in [-0.25, -0.2) is 14.3 Å². The van der Waals surface area contributed by atoms with Gasteiger partial charge in [-0.15, -0.1) is 5.10 Å². The van der Waals surface area contributed by atoms with Gasteiger partial charge in [-0.05, 0) is 48.8 Å². The number of likely N-dealkylation sites (tertiary alicyclic amines) is 1. The van der Waals surface area contributed by atoms with Gasteiger partial charge in [-0.2, -0.15) is 0 Å². The van der Waals surface area contributed by atoms with Crippen molar-refractivity contribution in [2.45, 2.75) is 38.9 Å². The molecule has 0 radical (unpaired) electrons. The van der Waals surface area contributed by atoms with Crippen molar-refractivity contribution in [3.8, 4) is 5.75 Å². The predicted octanol–water partition coefficient (Wildman–Crippen LogP) is 2.88. The molecule has 7 nitrogen and oxygen atoms in total. The molecule has 8 heteroatoms. The maximum absolute atomic E-state index is 12.1. The highest BCUT2D eigenvalue weighted by Gasteiger charge is 2.30. The van der Waals surface area contributed by atoms with E-state index in [1.165, 1.54) is 0 Å². The van der Waals surface area contributed by atoms with E-state index in [1.807, 2.05) is 32.9 Å². The Kier molecular flexibility index (Phi) is 4.18. The zero-order valence-electron chi connectivity index (χ0n) is 13.3. The molecular formula is C15H19BrN4O3. The highest BCUT2D eigenvalue weighted by Crippen LogP contribution is 2.21. The summed E-state index contributed by atoms with van der Waals surface area (Å²) >= 11 is 3.24. The Morgan fingerprint density at radius 2 is 2.17 bits per heavy atom. The van der Waals surface area contributed by atoms with E-state index in [9.17, 15) is 4.79 Å². The number of pyridine rings is 1. The lowest BCUT2D eigenvalue weighted by molar-refractivity contribution is 0.0275. The molecule has 0 N–H and O–H groups in total. The van der Waals surface area contributed by atoms with Gasteiger partial charge >= 0.3 is 6.09 Å². The first-order valence-corrected chi connectivity index (χ1v) is 8.26. The van der Waals surface area contributed by atoms with Gasteiger partial charge in [0.2, 0.25) is 4.73 Å². The average Bonchev–Trinajstić information content (AvgIpc) is 3.02. The van der Waals surface area contributed by atoms with Crippen LogP contribution in [-0.2, 0) is 4.74 Å². The molecule has 0 aromatic carbocycles. The maximum atomic E-state index is 12.1. The van der Waals surface area contributed by atoms with E-state index in [0.29, 0.717) is 23.6 Å². The van der Waals surface area contributed by atoms with Crippen molar-refractivity contribution in [1.29, 1.82) is 0 Å². The molecule has 124 valence electrons. The second kappa shape index (κ2) is 5.99. The number of amides is 1. The Morgan fingerprint density at radius 1 is 1.39 bits per heavy atom. The van der Waals surface area contributed by atoms with Crippen LogP contribution in [-0.4, -0.2) is 50.4 Å². The summed E-state index contributed by atoms with van der Waals surface area (Å²) in [6.07, 6.45) is 2.22. The zero-order valence-corrected chi connectivity index (χ0v) is 14.9. The molecule has 1 amide bonds.